The maximum Gasteiger partial charge on any atom is 0.255 e. The highest BCUT2D eigenvalue weighted by molar-refractivity contribution is 7.98. The van der Waals surface area contributed by atoms with Crippen LogP contribution >= 0.6 is 23.4 Å². The highest BCUT2D eigenvalue weighted by atomic mass is 35.5. The fourth-order valence-electron chi connectivity index (χ4n) is 4.57. The summed E-state index contributed by atoms with van der Waals surface area (Å²) in [5.74, 6) is 2.15. The van der Waals surface area contributed by atoms with Crippen LogP contribution in [0, 0.1) is 0 Å². The number of carbonyl (C=O) groups excluding carboxylic acids is 1. The molecule has 4 aromatic rings. The number of ether oxygens (including phenoxy) is 2. The van der Waals surface area contributed by atoms with Crippen molar-refractivity contribution >= 4 is 40.9 Å². The largest absolute Gasteiger partial charge is 0.494 e. The summed E-state index contributed by atoms with van der Waals surface area (Å²) < 4.78 is 13.5. The fraction of sp³-hybridized carbons (Fsp3) is 0.233. The van der Waals surface area contributed by atoms with Gasteiger partial charge in [0.2, 0.25) is 11.1 Å². The molecule has 0 bridgehead atoms. The summed E-state index contributed by atoms with van der Waals surface area (Å²) in [5.41, 5.74) is 3.56. The molecule has 1 amide bonds. The number of nitrogens with one attached hydrogen (secondary N) is 2. The lowest BCUT2D eigenvalue weighted by molar-refractivity contribution is -0.113. The van der Waals surface area contributed by atoms with E-state index in [1.54, 1.807) is 4.68 Å². The Hall–Kier alpha value is -3.95. The molecule has 0 radical (unpaired) electrons. The van der Waals surface area contributed by atoms with Crippen molar-refractivity contribution < 1.29 is 14.3 Å². The molecule has 0 fully saturated rings. The Morgan fingerprint density at radius 2 is 1.68 bits per heavy atom. The highest BCUT2D eigenvalue weighted by Gasteiger charge is 2.36. The van der Waals surface area contributed by atoms with Crippen molar-refractivity contribution in [3.63, 3.8) is 0 Å². The van der Waals surface area contributed by atoms with Gasteiger partial charge in [-0.15, -0.1) is 5.10 Å². The van der Waals surface area contributed by atoms with E-state index in [1.807, 2.05) is 93.6 Å². The van der Waals surface area contributed by atoms with Gasteiger partial charge >= 0.3 is 0 Å². The number of para-hydroxylation sites is 3. The maximum absolute atomic E-state index is 14.0. The van der Waals surface area contributed by atoms with Gasteiger partial charge in [-0.05, 0) is 50.6 Å². The molecule has 0 spiro atoms. The van der Waals surface area contributed by atoms with Crippen molar-refractivity contribution in [3.05, 3.63) is 100 Å². The number of benzene rings is 3. The van der Waals surface area contributed by atoms with E-state index in [9.17, 15) is 4.79 Å². The molecular weight excluding hydrogens is 546 g/mol. The maximum atomic E-state index is 14.0. The topological polar surface area (TPSA) is 90.3 Å². The second kappa shape index (κ2) is 12.5. The van der Waals surface area contributed by atoms with Gasteiger partial charge in [0.1, 0.15) is 17.5 Å². The molecule has 0 aliphatic carbocycles. The minimum absolute atomic E-state index is 0.278. The highest BCUT2D eigenvalue weighted by Crippen LogP contribution is 2.41. The number of hydrogen-bond acceptors (Lipinski definition) is 7. The van der Waals surface area contributed by atoms with Gasteiger partial charge in [-0.3, -0.25) is 4.79 Å². The molecule has 0 saturated carbocycles. The smallest absolute Gasteiger partial charge is 0.255 e. The number of rotatable bonds is 10. The quantitative estimate of drug-likeness (QED) is 0.198. The average molecular weight is 576 g/mol. The number of fused-ring (bicyclic) bond motifs is 1. The SMILES string of the molecule is CCOc1ccccc1NC(=O)C1=C(C)Nc2nc(SCc3ccccc3Cl)nn2C1c1ccccc1OCC. The van der Waals surface area contributed by atoms with Crippen LogP contribution in [0.15, 0.2) is 89.2 Å². The van der Waals surface area contributed by atoms with Crippen LogP contribution in [0.2, 0.25) is 5.02 Å². The number of carbonyl (C=O) groups is 1. The van der Waals surface area contributed by atoms with Gasteiger partial charge in [-0.2, -0.15) is 4.98 Å². The number of allylic oxidation sites excluding steroid dienone is 1. The number of hydrogen-bond donors (Lipinski definition) is 2. The Morgan fingerprint density at radius 3 is 2.45 bits per heavy atom. The Labute approximate surface area is 242 Å². The van der Waals surface area contributed by atoms with Gasteiger partial charge < -0.3 is 20.1 Å². The minimum Gasteiger partial charge on any atom is -0.494 e. The Kier molecular flexibility index (Phi) is 8.62. The van der Waals surface area contributed by atoms with Crippen LogP contribution in [0.4, 0.5) is 11.6 Å². The third kappa shape index (κ3) is 5.80. The first-order valence-electron chi connectivity index (χ1n) is 13.1. The molecule has 1 aliphatic heterocycles. The van der Waals surface area contributed by atoms with Crippen molar-refractivity contribution in [1.29, 1.82) is 0 Å². The van der Waals surface area contributed by atoms with Crippen molar-refractivity contribution in [1.82, 2.24) is 14.8 Å². The van der Waals surface area contributed by atoms with Gasteiger partial charge in [0, 0.05) is 22.0 Å². The first-order chi connectivity index (χ1) is 19.5. The first-order valence-corrected chi connectivity index (χ1v) is 14.4. The van der Waals surface area contributed by atoms with E-state index in [0.717, 1.165) is 11.1 Å². The van der Waals surface area contributed by atoms with Gasteiger partial charge in [0.05, 0.1) is 24.5 Å². The summed E-state index contributed by atoms with van der Waals surface area (Å²) in [6.07, 6.45) is 0. The average Bonchev–Trinajstić information content (AvgIpc) is 3.36. The van der Waals surface area contributed by atoms with Crippen LogP contribution in [0.3, 0.4) is 0 Å². The van der Waals surface area contributed by atoms with Crippen LogP contribution in [-0.2, 0) is 10.5 Å². The molecule has 5 rings (SSSR count). The van der Waals surface area contributed by atoms with Crippen molar-refractivity contribution in [2.75, 3.05) is 23.8 Å². The zero-order valence-corrected chi connectivity index (χ0v) is 24.1. The Morgan fingerprint density at radius 1 is 1.00 bits per heavy atom. The van der Waals surface area contributed by atoms with Crippen LogP contribution < -0.4 is 20.1 Å². The van der Waals surface area contributed by atoms with E-state index in [2.05, 4.69) is 10.6 Å². The standard InChI is InChI=1S/C30H30ClN5O3S/c1-4-38-24-16-10-7-13-21(24)27-26(28(37)33-23-15-9-11-17-25(23)39-5-2)19(3)32-29-34-30(35-36(27)29)40-18-20-12-6-8-14-22(20)31/h6-17,27H,4-5,18H2,1-3H3,(H,33,37)(H,32,34,35). The molecule has 40 heavy (non-hydrogen) atoms. The predicted octanol–water partition coefficient (Wildman–Crippen LogP) is 6.95. The molecule has 10 heteroatoms. The van der Waals surface area contributed by atoms with E-state index >= 15 is 0 Å². The Balaban J connectivity index is 1.53. The number of halogens is 1. The summed E-state index contributed by atoms with van der Waals surface area (Å²) in [5, 5.41) is 12.5. The minimum atomic E-state index is -0.583. The van der Waals surface area contributed by atoms with Gasteiger partial charge in [-0.25, -0.2) is 4.68 Å². The lowest BCUT2D eigenvalue weighted by atomic mass is 9.94. The normalized spacial score (nSPS) is 14.3. The van der Waals surface area contributed by atoms with E-state index in [4.69, 9.17) is 31.2 Å². The summed E-state index contributed by atoms with van der Waals surface area (Å²) in [4.78, 5) is 18.7. The van der Waals surface area contributed by atoms with Crippen molar-refractivity contribution in [2.24, 2.45) is 0 Å². The van der Waals surface area contributed by atoms with Crippen LogP contribution in [-0.4, -0.2) is 33.9 Å². The molecular formula is C30H30ClN5O3S. The van der Waals surface area contributed by atoms with Gasteiger partial charge in [0.15, 0.2) is 0 Å². The van der Waals surface area contributed by atoms with E-state index in [0.29, 0.717) is 63.6 Å². The number of amides is 1. The molecule has 206 valence electrons. The second-order valence-corrected chi connectivity index (χ2v) is 10.3. The number of aromatic nitrogens is 3. The summed E-state index contributed by atoms with van der Waals surface area (Å²) in [7, 11) is 0. The van der Waals surface area contributed by atoms with E-state index < -0.39 is 6.04 Å². The predicted molar refractivity (Wildman–Crippen MR) is 159 cm³/mol. The first kappa shape index (κ1) is 27.6. The summed E-state index contributed by atoms with van der Waals surface area (Å²) >= 11 is 7.85. The van der Waals surface area contributed by atoms with Crippen molar-refractivity contribution in [2.45, 2.75) is 37.7 Å². The molecule has 2 N–H and O–H groups in total. The molecule has 8 nitrogen and oxygen atoms in total. The molecule has 1 aliphatic rings. The molecule has 2 heterocycles. The molecule has 3 aromatic carbocycles. The van der Waals surface area contributed by atoms with E-state index in [-0.39, 0.29) is 5.91 Å². The molecule has 1 aromatic heterocycles. The zero-order valence-electron chi connectivity index (χ0n) is 22.5. The monoisotopic (exact) mass is 575 g/mol. The third-order valence-corrected chi connectivity index (χ3v) is 7.60. The van der Waals surface area contributed by atoms with Gasteiger partial charge in [0.25, 0.3) is 5.91 Å². The van der Waals surface area contributed by atoms with Crippen LogP contribution in [0.25, 0.3) is 0 Å². The lowest BCUT2D eigenvalue weighted by Crippen LogP contribution is -2.32. The van der Waals surface area contributed by atoms with E-state index in [1.165, 1.54) is 11.8 Å². The Bertz CT molecular complexity index is 1550. The molecule has 1 atom stereocenters. The lowest BCUT2D eigenvalue weighted by Gasteiger charge is -2.29. The molecule has 0 saturated heterocycles. The number of thioether (sulfide) groups is 1. The van der Waals surface area contributed by atoms with Crippen LogP contribution in [0.1, 0.15) is 37.9 Å². The summed E-state index contributed by atoms with van der Waals surface area (Å²) in [6.45, 7) is 6.68. The third-order valence-electron chi connectivity index (χ3n) is 6.34. The van der Waals surface area contributed by atoms with Crippen molar-refractivity contribution in [3.8, 4) is 11.5 Å². The molecule has 1 unspecified atom stereocenters. The second-order valence-electron chi connectivity index (χ2n) is 8.96. The zero-order chi connectivity index (χ0) is 28.1. The van der Waals surface area contributed by atoms with Gasteiger partial charge in [-0.1, -0.05) is 71.9 Å². The number of anilines is 2. The number of nitrogens with zero attached hydrogens (tertiary/aromatic N) is 3. The summed E-state index contributed by atoms with van der Waals surface area (Å²) in [6, 6.07) is 22.2. The fourth-order valence-corrected chi connectivity index (χ4v) is 5.68. The van der Waals surface area contributed by atoms with Crippen LogP contribution in [0.5, 0.6) is 11.5 Å².